The van der Waals surface area contributed by atoms with Crippen molar-refractivity contribution < 1.29 is 19.1 Å². The van der Waals surface area contributed by atoms with E-state index in [4.69, 9.17) is 9.47 Å². The summed E-state index contributed by atoms with van der Waals surface area (Å²) >= 11 is 0. The average Bonchev–Trinajstić information content (AvgIpc) is 2.75. The van der Waals surface area contributed by atoms with Crippen LogP contribution in [-0.2, 0) is 19.1 Å². The fourth-order valence-corrected chi connectivity index (χ4v) is 8.80. The van der Waals surface area contributed by atoms with Gasteiger partial charge in [0.1, 0.15) is 12.2 Å². The monoisotopic (exact) mass is 532 g/mol. The van der Waals surface area contributed by atoms with Gasteiger partial charge in [-0.1, -0.05) is 0 Å². The molecule has 6 nitrogen and oxygen atoms in total. The summed E-state index contributed by atoms with van der Waals surface area (Å²) in [4.78, 5) is 26.1. The molecule has 38 heavy (non-hydrogen) atoms. The zero-order valence-electron chi connectivity index (χ0n) is 25.6. The predicted molar refractivity (Wildman–Crippen MR) is 152 cm³/mol. The molecule has 2 saturated carbocycles. The normalized spacial score (nSPS) is 35.3. The molecule has 4 fully saturated rings. The van der Waals surface area contributed by atoms with Crippen molar-refractivity contribution in [3.63, 3.8) is 0 Å². The number of hydrogen-bond acceptors (Lipinski definition) is 6. The van der Waals surface area contributed by atoms with E-state index in [1.807, 2.05) is 0 Å². The summed E-state index contributed by atoms with van der Waals surface area (Å²) in [6.45, 7) is 17.6. The molecule has 0 unspecified atom stereocenters. The van der Waals surface area contributed by atoms with Crippen LogP contribution in [0.3, 0.4) is 0 Å². The third-order valence-corrected chi connectivity index (χ3v) is 9.75. The van der Waals surface area contributed by atoms with Crippen LogP contribution in [0.15, 0.2) is 0 Å². The second kappa shape index (κ2) is 11.0. The van der Waals surface area contributed by atoms with Crippen molar-refractivity contribution in [1.82, 2.24) is 10.6 Å². The molecule has 6 heteroatoms. The number of esters is 2. The first-order valence-corrected chi connectivity index (χ1v) is 15.5. The standard InChI is InChI=1S/C32H56N2O4/c1-29(2)17-25(18-30(3,4)33-29)37-27(35)23-13-9-21(10-14-23)22-11-15-24(16-12-22)28(36)38-26-19-31(5,6)34-32(7,8)20-26/h21-26,33-34H,9-20H2,1-8H3. The number of piperidine rings is 2. The van der Waals surface area contributed by atoms with E-state index in [2.05, 4.69) is 66.0 Å². The Kier molecular flexibility index (Phi) is 8.66. The molecule has 0 spiro atoms. The number of ether oxygens (including phenoxy) is 2. The molecule has 2 heterocycles. The molecule has 2 aliphatic heterocycles. The molecule has 4 aliphatic rings. The van der Waals surface area contributed by atoms with Crippen molar-refractivity contribution in [2.75, 3.05) is 0 Å². The molecular formula is C32H56N2O4. The minimum atomic E-state index is -0.0174. The summed E-state index contributed by atoms with van der Waals surface area (Å²) in [7, 11) is 0. The van der Waals surface area contributed by atoms with E-state index in [-0.39, 0.29) is 58.1 Å². The van der Waals surface area contributed by atoms with Gasteiger partial charge in [-0.2, -0.15) is 0 Å². The average molecular weight is 533 g/mol. The Labute approximate surface area is 232 Å². The largest absolute Gasteiger partial charge is 0.462 e. The van der Waals surface area contributed by atoms with Gasteiger partial charge in [-0.3, -0.25) is 9.59 Å². The molecule has 218 valence electrons. The van der Waals surface area contributed by atoms with E-state index < -0.39 is 0 Å². The number of hydrogen-bond donors (Lipinski definition) is 2. The minimum Gasteiger partial charge on any atom is -0.462 e. The fraction of sp³-hybridized carbons (Fsp3) is 0.938. The Morgan fingerprint density at radius 2 is 0.763 bits per heavy atom. The SMILES string of the molecule is CC1(C)CC(OC(=O)C2CCC(C3CCC(C(=O)OC4CC(C)(C)NC(C)(C)C4)CC3)CC2)CC(C)(C)N1. The molecule has 0 bridgehead atoms. The van der Waals surface area contributed by atoms with Gasteiger partial charge in [0, 0.05) is 47.8 Å². The third kappa shape index (κ3) is 7.96. The fourth-order valence-electron chi connectivity index (χ4n) is 8.80. The second-order valence-corrected chi connectivity index (χ2v) is 15.9. The van der Waals surface area contributed by atoms with Crippen molar-refractivity contribution in [2.45, 2.75) is 167 Å². The number of carbonyl (C=O) groups is 2. The van der Waals surface area contributed by atoms with Crippen LogP contribution in [0.1, 0.15) is 132 Å². The third-order valence-electron chi connectivity index (χ3n) is 9.75. The highest BCUT2D eigenvalue weighted by Gasteiger charge is 2.42. The number of nitrogens with one attached hydrogen (secondary N) is 2. The maximum Gasteiger partial charge on any atom is 0.309 e. The van der Waals surface area contributed by atoms with Crippen LogP contribution in [0.5, 0.6) is 0 Å². The first kappa shape index (κ1) is 29.8. The van der Waals surface area contributed by atoms with E-state index in [0.717, 1.165) is 77.0 Å². The summed E-state index contributed by atoms with van der Waals surface area (Å²) in [5.74, 6) is 1.52. The molecule has 0 aromatic rings. The van der Waals surface area contributed by atoms with Gasteiger partial charge >= 0.3 is 11.9 Å². The summed E-state index contributed by atoms with van der Waals surface area (Å²) in [6.07, 6.45) is 11.7. The Hall–Kier alpha value is -1.14. The Morgan fingerprint density at radius 3 is 1.03 bits per heavy atom. The van der Waals surface area contributed by atoms with E-state index in [1.54, 1.807) is 0 Å². The van der Waals surface area contributed by atoms with Crippen molar-refractivity contribution in [2.24, 2.45) is 23.7 Å². The number of rotatable bonds is 5. The van der Waals surface area contributed by atoms with Crippen LogP contribution in [0.25, 0.3) is 0 Å². The van der Waals surface area contributed by atoms with Gasteiger partial charge in [0.15, 0.2) is 0 Å². The van der Waals surface area contributed by atoms with Crippen molar-refractivity contribution in [3.05, 3.63) is 0 Å². The molecule has 0 atom stereocenters. The Balaban J connectivity index is 1.19. The van der Waals surface area contributed by atoms with Crippen LogP contribution in [0.2, 0.25) is 0 Å². The van der Waals surface area contributed by atoms with Crippen LogP contribution in [0, 0.1) is 23.7 Å². The highest BCUT2D eigenvalue weighted by molar-refractivity contribution is 5.73. The maximum atomic E-state index is 13.0. The second-order valence-electron chi connectivity index (χ2n) is 15.9. The van der Waals surface area contributed by atoms with Crippen molar-refractivity contribution in [1.29, 1.82) is 0 Å². The predicted octanol–water partition coefficient (Wildman–Crippen LogP) is 6.30. The van der Waals surface area contributed by atoms with Crippen molar-refractivity contribution in [3.8, 4) is 0 Å². The van der Waals surface area contributed by atoms with Crippen LogP contribution in [-0.4, -0.2) is 46.3 Å². The van der Waals surface area contributed by atoms with Gasteiger partial charge in [0.2, 0.25) is 0 Å². The molecule has 4 rings (SSSR count). The van der Waals surface area contributed by atoms with E-state index in [0.29, 0.717) is 11.8 Å². The van der Waals surface area contributed by atoms with Gasteiger partial charge in [-0.25, -0.2) is 0 Å². The summed E-state index contributed by atoms with van der Waals surface area (Å²) < 4.78 is 12.2. The van der Waals surface area contributed by atoms with Crippen LogP contribution < -0.4 is 10.6 Å². The summed E-state index contributed by atoms with van der Waals surface area (Å²) in [6, 6.07) is 0. The summed E-state index contributed by atoms with van der Waals surface area (Å²) in [5, 5.41) is 7.34. The minimum absolute atomic E-state index is 0.00326. The zero-order valence-corrected chi connectivity index (χ0v) is 25.6. The lowest BCUT2D eigenvalue weighted by atomic mass is 9.69. The quantitative estimate of drug-likeness (QED) is 0.405. The topological polar surface area (TPSA) is 76.7 Å². The lowest BCUT2D eigenvalue weighted by molar-refractivity contribution is -0.161. The molecule has 0 radical (unpaired) electrons. The zero-order chi connectivity index (χ0) is 27.9. The van der Waals surface area contributed by atoms with Gasteiger partial charge < -0.3 is 20.1 Å². The molecule has 0 amide bonds. The lowest BCUT2D eigenvalue weighted by Crippen LogP contribution is -2.60. The first-order valence-electron chi connectivity index (χ1n) is 15.5. The molecule has 2 aliphatic carbocycles. The summed E-state index contributed by atoms with van der Waals surface area (Å²) in [5.41, 5.74) is -0.0698. The lowest BCUT2D eigenvalue weighted by Gasteiger charge is -2.46. The van der Waals surface area contributed by atoms with Gasteiger partial charge in [0.05, 0.1) is 11.8 Å². The molecule has 2 N–H and O–H groups in total. The van der Waals surface area contributed by atoms with E-state index in [9.17, 15) is 9.59 Å². The maximum absolute atomic E-state index is 13.0. The smallest absolute Gasteiger partial charge is 0.309 e. The van der Waals surface area contributed by atoms with Gasteiger partial charge in [0.25, 0.3) is 0 Å². The first-order chi connectivity index (χ1) is 17.5. The Morgan fingerprint density at radius 1 is 0.500 bits per heavy atom. The van der Waals surface area contributed by atoms with E-state index in [1.165, 1.54) is 0 Å². The highest BCUT2D eigenvalue weighted by Crippen LogP contribution is 2.43. The van der Waals surface area contributed by atoms with Gasteiger partial charge in [-0.15, -0.1) is 0 Å². The molecule has 0 aromatic carbocycles. The van der Waals surface area contributed by atoms with Crippen LogP contribution >= 0.6 is 0 Å². The van der Waals surface area contributed by atoms with E-state index >= 15 is 0 Å². The van der Waals surface area contributed by atoms with Crippen molar-refractivity contribution >= 4 is 11.9 Å². The molecule has 2 saturated heterocycles. The highest BCUT2D eigenvalue weighted by atomic mass is 16.5. The molecular weight excluding hydrogens is 476 g/mol. The van der Waals surface area contributed by atoms with Crippen LogP contribution in [0.4, 0.5) is 0 Å². The Bertz CT molecular complexity index is 746. The van der Waals surface area contributed by atoms with Gasteiger partial charge in [-0.05, 0) is 119 Å². The molecule has 0 aromatic heterocycles. The number of carbonyl (C=O) groups excluding carboxylic acids is 2.